The summed E-state index contributed by atoms with van der Waals surface area (Å²) in [7, 11) is 1.72. The van der Waals surface area contributed by atoms with Crippen molar-refractivity contribution in [3.63, 3.8) is 0 Å². The third-order valence-corrected chi connectivity index (χ3v) is 4.30. The van der Waals surface area contributed by atoms with E-state index >= 15 is 0 Å². The number of likely N-dealkylation sites (N-methyl/N-ethyl adjacent to an activating group) is 1. The predicted molar refractivity (Wildman–Crippen MR) is 106 cm³/mol. The number of nitrogens with one attached hydrogen (secondary N) is 1. The lowest BCUT2D eigenvalue weighted by atomic mass is 10.1. The van der Waals surface area contributed by atoms with Crippen molar-refractivity contribution >= 4 is 17.5 Å². The Morgan fingerprint density at radius 3 is 2.61 bits per heavy atom. The van der Waals surface area contributed by atoms with Gasteiger partial charge in [0, 0.05) is 18.3 Å². The summed E-state index contributed by atoms with van der Waals surface area (Å²) in [4.78, 5) is 26.7. The molecule has 28 heavy (non-hydrogen) atoms. The first kappa shape index (κ1) is 19.5. The molecule has 148 valence electrons. The zero-order valence-corrected chi connectivity index (χ0v) is 16.3. The molecule has 0 saturated heterocycles. The van der Waals surface area contributed by atoms with Crippen LogP contribution in [0.2, 0.25) is 0 Å². The lowest BCUT2D eigenvalue weighted by Gasteiger charge is -2.14. The lowest BCUT2D eigenvalue weighted by molar-refractivity contribution is 0.0796. The fourth-order valence-electron chi connectivity index (χ4n) is 2.90. The number of amides is 2. The van der Waals surface area contributed by atoms with Gasteiger partial charge in [0.1, 0.15) is 12.4 Å². The minimum Gasteiger partial charge on any atom is -0.491 e. The Kier molecular flexibility index (Phi) is 6.03. The minimum absolute atomic E-state index is 0.136. The van der Waals surface area contributed by atoms with Gasteiger partial charge in [0.25, 0.3) is 11.8 Å². The van der Waals surface area contributed by atoms with E-state index < -0.39 is 0 Å². The van der Waals surface area contributed by atoms with E-state index in [4.69, 9.17) is 14.2 Å². The van der Waals surface area contributed by atoms with Crippen molar-refractivity contribution in [3.05, 3.63) is 47.5 Å². The Morgan fingerprint density at radius 1 is 1.11 bits per heavy atom. The normalized spacial score (nSPS) is 13.2. The number of ether oxygens (including phenoxy) is 3. The minimum atomic E-state index is -0.306. The standard InChI is InChI=1S/C21H24N2O5/c1-4-26-18-8-6-14(12-19(18)27-5-2)20(24)22-15-7-9-17-16(13-15)21(25)23(3)10-11-28-17/h6-9,12-13H,4-5,10-11H2,1-3H3,(H,22,24). The number of anilines is 1. The van der Waals surface area contributed by atoms with Gasteiger partial charge in [-0.2, -0.15) is 0 Å². The summed E-state index contributed by atoms with van der Waals surface area (Å²) in [5.41, 5.74) is 1.38. The van der Waals surface area contributed by atoms with Gasteiger partial charge in [-0.05, 0) is 50.2 Å². The highest BCUT2D eigenvalue weighted by atomic mass is 16.5. The maximum atomic E-state index is 12.7. The number of carbonyl (C=O) groups excluding carboxylic acids is 2. The Hall–Kier alpha value is -3.22. The van der Waals surface area contributed by atoms with Gasteiger partial charge in [0.05, 0.1) is 25.3 Å². The predicted octanol–water partition coefficient (Wildman–Crippen LogP) is 3.20. The molecule has 0 unspecified atom stereocenters. The molecule has 1 heterocycles. The number of rotatable bonds is 6. The highest BCUT2D eigenvalue weighted by Gasteiger charge is 2.21. The summed E-state index contributed by atoms with van der Waals surface area (Å²) in [6.45, 7) is 5.68. The zero-order chi connectivity index (χ0) is 20.1. The third-order valence-electron chi connectivity index (χ3n) is 4.30. The maximum Gasteiger partial charge on any atom is 0.257 e. The molecule has 0 aliphatic carbocycles. The molecule has 1 aliphatic rings. The molecule has 0 fully saturated rings. The Labute approximate surface area is 164 Å². The van der Waals surface area contributed by atoms with Crippen LogP contribution in [0.15, 0.2) is 36.4 Å². The van der Waals surface area contributed by atoms with Crippen LogP contribution in [0.1, 0.15) is 34.6 Å². The molecular weight excluding hydrogens is 360 g/mol. The van der Waals surface area contributed by atoms with Gasteiger partial charge in [-0.3, -0.25) is 9.59 Å². The Morgan fingerprint density at radius 2 is 1.86 bits per heavy atom. The fraction of sp³-hybridized carbons (Fsp3) is 0.333. The topological polar surface area (TPSA) is 77.1 Å². The third kappa shape index (κ3) is 4.19. The number of hydrogen-bond donors (Lipinski definition) is 1. The first-order valence-electron chi connectivity index (χ1n) is 9.26. The van der Waals surface area contributed by atoms with Gasteiger partial charge >= 0.3 is 0 Å². The highest BCUT2D eigenvalue weighted by Crippen LogP contribution is 2.30. The summed E-state index contributed by atoms with van der Waals surface area (Å²) in [6, 6.07) is 10.1. The molecule has 2 aromatic carbocycles. The van der Waals surface area contributed by atoms with Crippen LogP contribution in [0.3, 0.4) is 0 Å². The van der Waals surface area contributed by atoms with Crippen molar-refractivity contribution in [2.45, 2.75) is 13.8 Å². The van der Waals surface area contributed by atoms with Gasteiger partial charge in [0.15, 0.2) is 11.5 Å². The van der Waals surface area contributed by atoms with Crippen LogP contribution in [0.25, 0.3) is 0 Å². The molecule has 2 amide bonds. The van der Waals surface area contributed by atoms with Crippen LogP contribution >= 0.6 is 0 Å². The number of hydrogen-bond acceptors (Lipinski definition) is 5. The van der Waals surface area contributed by atoms with E-state index in [1.165, 1.54) is 0 Å². The number of carbonyl (C=O) groups is 2. The van der Waals surface area contributed by atoms with Crippen molar-refractivity contribution in [1.29, 1.82) is 0 Å². The quantitative estimate of drug-likeness (QED) is 0.828. The molecule has 7 heteroatoms. The summed E-state index contributed by atoms with van der Waals surface area (Å²) in [5.74, 6) is 1.19. The van der Waals surface area contributed by atoms with Gasteiger partial charge in [-0.1, -0.05) is 0 Å². The van der Waals surface area contributed by atoms with Crippen LogP contribution in [-0.2, 0) is 0 Å². The van der Waals surface area contributed by atoms with Crippen molar-refractivity contribution in [1.82, 2.24) is 4.90 Å². The van der Waals surface area contributed by atoms with E-state index in [1.807, 2.05) is 13.8 Å². The molecule has 0 spiro atoms. The van der Waals surface area contributed by atoms with E-state index in [2.05, 4.69) is 5.32 Å². The molecule has 0 aromatic heterocycles. The van der Waals surface area contributed by atoms with Gasteiger partial charge in [-0.15, -0.1) is 0 Å². The van der Waals surface area contributed by atoms with Crippen molar-refractivity contribution in [2.75, 3.05) is 38.7 Å². The molecule has 3 rings (SSSR count). The summed E-state index contributed by atoms with van der Waals surface area (Å²) in [6.07, 6.45) is 0. The van der Waals surface area contributed by atoms with E-state index in [0.29, 0.717) is 60.4 Å². The molecule has 0 saturated carbocycles. The Bertz CT molecular complexity index is 881. The van der Waals surface area contributed by atoms with Crippen LogP contribution in [-0.4, -0.2) is 50.1 Å². The second kappa shape index (κ2) is 8.65. The van der Waals surface area contributed by atoms with Gasteiger partial charge < -0.3 is 24.4 Å². The average molecular weight is 384 g/mol. The number of nitrogens with zero attached hydrogens (tertiary/aromatic N) is 1. The van der Waals surface area contributed by atoms with Crippen molar-refractivity contribution < 1.29 is 23.8 Å². The summed E-state index contributed by atoms with van der Waals surface area (Å²) < 4.78 is 16.7. The van der Waals surface area contributed by atoms with Crippen molar-refractivity contribution in [2.24, 2.45) is 0 Å². The second-order valence-corrected chi connectivity index (χ2v) is 6.27. The molecule has 2 aromatic rings. The first-order chi connectivity index (χ1) is 13.5. The number of benzene rings is 2. The molecule has 0 radical (unpaired) electrons. The van der Waals surface area contributed by atoms with Crippen molar-refractivity contribution in [3.8, 4) is 17.2 Å². The highest BCUT2D eigenvalue weighted by molar-refractivity contribution is 6.06. The van der Waals surface area contributed by atoms with Gasteiger partial charge in [-0.25, -0.2) is 0 Å². The SMILES string of the molecule is CCOc1ccc(C(=O)Nc2ccc3c(c2)C(=O)N(C)CCO3)cc1OCC. The van der Waals surface area contributed by atoms with E-state index in [9.17, 15) is 9.59 Å². The molecule has 7 nitrogen and oxygen atoms in total. The second-order valence-electron chi connectivity index (χ2n) is 6.27. The molecule has 1 aliphatic heterocycles. The van der Waals surface area contributed by atoms with Crippen LogP contribution in [0.5, 0.6) is 17.2 Å². The van der Waals surface area contributed by atoms with E-state index in [0.717, 1.165) is 0 Å². The number of fused-ring (bicyclic) bond motifs is 1. The first-order valence-corrected chi connectivity index (χ1v) is 9.26. The smallest absolute Gasteiger partial charge is 0.257 e. The summed E-state index contributed by atoms with van der Waals surface area (Å²) in [5, 5.41) is 2.82. The Balaban J connectivity index is 1.82. The van der Waals surface area contributed by atoms with Gasteiger partial charge in [0.2, 0.25) is 0 Å². The molecular formula is C21H24N2O5. The molecule has 1 N–H and O–H groups in total. The average Bonchev–Trinajstić information content (AvgIpc) is 2.82. The lowest BCUT2D eigenvalue weighted by Crippen LogP contribution is -2.27. The molecule has 0 bridgehead atoms. The van der Waals surface area contributed by atoms with Crippen LogP contribution in [0, 0.1) is 0 Å². The van der Waals surface area contributed by atoms with E-state index in [-0.39, 0.29) is 11.8 Å². The maximum absolute atomic E-state index is 12.7. The zero-order valence-electron chi connectivity index (χ0n) is 16.3. The van der Waals surface area contributed by atoms with Crippen LogP contribution < -0.4 is 19.5 Å². The fourth-order valence-corrected chi connectivity index (χ4v) is 2.90. The monoisotopic (exact) mass is 384 g/mol. The largest absolute Gasteiger partial charge is 0.491 e. The van der Waals surface area contributed by atoms with E-state index in [1.54, 1.807) is 48.3 Å². The van der Waals surface area contributed by atoms with Crippen LogP contribution in [0.4, 0.5) is 5.69 Å². The molecule has 0 atom stereocenters. The summed E-state index contributed by atoms with van der Waals surface area (Å²) >= 11 is 0.